The second kappa shape index (κ2) is 8.91. The largest absolute Gasteiger partial charge is 0.459 e. The number of nitrogens with zero attached hydrogens (tertiary/aromatic N) is 2. The van der Waals surface area contributed by atoms with E-state index in [9.17, 15) is 19.7 Å². The molecule has 2 rings (SSSR count). The van der Waals surface area contributed by atoms with Crippen LogP contribution in [0.2, 0.25) is 0 Å². The van der Waals surface area contributed by atoms with E-state index in [4.69, 9.17) is 9.47 Å². The third-order valence-electron chi connectivity index (χ3n) is 3.88. The molecule has 0 N–H and O–H groups in total. The Hall–Kier alpha value is -3.00. The van der Waals surface area contributed by atoms with Gasteiger partial charge < -0.3 is 14.4 Å². The Balaban J connectivity index is 1.99. The lowest BCUT2D eigenvalue weighted by atomic mass is 10.0. The van der Waals surface area contributed by atoms with Gasteiger partial charge in [-0.2, -0.15) is 0 Å². The highest BCUT2D eigenvalue weighted by molar-refractivity contribution is 5.89. The molecule has 1 aliphatic heterocycles. The van der Waals surface area contributed by atoms with Crippen molar-refractivity contribution >= 4 is 17.6 Å². The van der Waals surface area contributed by atoms with E-state index in [1.165, 1.54) is 35.2 Å². The molecule has 1 fully saturated rings. The fourth-order valence-electron chi connectivity index (χ4n) is 2.54. The second-order valence-electron chi connectivity index (χ2n) is 5.65. The van der Waals surface area contributed by atoms with Gasteiger partial charge in [-0.25, -0.2) is 4.79 Å². The van der Waals surface area contributed by atoms with E-state index in [1.807, 2.05) is 0 Å². The van der Waals surface area contributed by atoms with Crippen LogP contribution in [0.15, 0.2) is 49.6 Å². The number of carbonyl (C=O) groups excluding carboxylic acids is 2. The number of amides is 1. The number of likely N-dealkylation sites (tertiary alicyclic amines) is 1. The number of hydrogen-bond donors (Lipinski definition) is 0. The third kappa shape index (κ3) is 4.54. The summed E-state index contributed by atoms with van der Waals surface area (Å²) >= 11 is 0. The second-order valence-corrected chi connectivity index (χ2v) is 5.65. The van der Waals surface area contributed by atoms with E-state index in [2.05, 4.69) is 13.2 Å². The number of nitro benzene ring substituents is 1. The summed E-state index contributed by atoms with van der Waals surface area (Å²) in [6.45, 7) is 7.39. The Labute approximate surface area is 150 Å². The molecule has 26 heavy (non-hydrogen) atoms. The first kappa shape index (κ1) is 19.3. The Morgan fingerprint density at radius 1 is 1.35 bits per heavy atom. The molecule has 1 unspecified atom stereocenters. The van der Waals surface area contributed by atoms with Gasteiger partial charge >= 0.3 is 5.97 Å². The number of hydrogen-bond acceptors (Lipinski definition) is 6. The molecule has 1 amide bonds. The number of esters is 1. The van der Waals surface area contributed by atoms with Crippen LogP contribution in [-0.4, -0.2) is 40.6 Å². The summed E-state index contributed by atoms with van der Waals surface area (Å²) in [5.41, 5.74) is 0.564. The molecular formula is C18H20N2O6. The normalized spacial score (nSPS) is 17.2. The maximum absolute atomic E-state index is 12.4. The lowest BCUT2D eigenvalue weighted by Crippen LogP contribution is -2.60. The lowest BCUT2D eigenvalue weighted by Gasteiger charge is -2.43. The minimum Gasteiger partial charge on any atom is -0.459 e. The fourth-order valence-corrected chi connectivity index (χ4v) is 2.54. The molecule has 0 aliphatic carbocycles. The van der Waals surface area contributed by atoms with Crippen LogP contribution in [-0.2, 0) is 25.7 Å². The maximum atomic E-state index is 12.4. The number of benzene rings is 1. The summed E-state index contributed by atoms with van der Waals surface area (Å²) in [5.74, 6) is -0.776. The molecule has 1 aromatic rings. The predicted molar refractivity (Wildman–Crippen MR) is 92.9 cm³/mol. The number of β-lactam (4-membered cyclic amide) rings is 1. The molecule has 0 aromatic heterocycles. The summed E-state index contributed by atoms with van der Waals surface area (Å²) in [6, 6.07) is 4.88. The van der Waals surface area contributed by atoms with Crippen molar-refractivity contribution in [1.29, 1.82) is 0 Å². The standard InChI is InChI=1S/C18H20N2O6/c1-3-5-15(19-16(21)11-17(19)25-10-4-2)18(22)26-12-13-6-8-14(9-7-13)20(23)24/h3-4,6-9,15,17H,1-2,5,10-12H2/t15?,17-/m1/s1. The number of nitro groups is 1. The van der Waals surface area contributed by atoms with Crippen molar-refractivity contribution in [2.45, 2.75) is 31.7 Å². The molecule has 0 spiro atoms. The number of non-ortho nitro benzene ring substituents is 1. The molecule has 2 atom stereocenters. The Bertz CT molecular complexity index is 700. The highest BCUT2D eigenvalue weighted by atomic mass is 16.6. The predicted octanol–water partition coefficient (Wildman–Crippen LogP) is 2.34. The van der Waals surface area contributed by atoms with Crippen LogP contribution < -0.4 is 0 Å². The minimum atomic E-state index is -0.818. The molecule has 1 heterocycles. The number of ether oxygens (including phenoxy) is 2. The molecule has 0 saturated carbocycles. The van der Waals surface area contributed by atoms with Crippen LogP contribution in [0.25, 0.3) is 0 Å². The van der Waals surface area contributed by atoms with Crippen LogP contribution in [0, 0.1) is 10.1 Å². The SMILES string of the molecule is C=CCO[C@@H]1CC(=O)N1C(CC=C)C(=O)OCc1ccc([N+](=O)[O-])cc1. The van der Waals surface area contributed by atoms with Crippen molar-refractivity contribution in [3.63, 3.8) is 0 Å². The Kier molecular flexibility index (Phi) is 6.62. The summed E-state index contributed by atoms with van der Waals surface area (Å²) in [6.07, 6.45) is 3.05. The van der Waals surface area contributed by atoms with Crippen LogP contribution in [0.3, 0.4) is 0 Å². The first-order chi connectivity index (χ1) is 12.5. The Morgan fingerprint density at radius 3 is 2.58 bits per heavy atom. The van der Waals surface area contributed by atoms with Gasteiger partial charge in [-0.1, -0.05) is 12.2 Å². The van der Waals surface area contributed by atoms with Crippen molar-refractivity contribution in [2.75, 3.05) is 6.61 Å². The molecule has 0 bridgehead atoms. The summed E-state index contributed by atoms with van der Waals surface area (Å²) in [5, 5.41) is 10.6. The van der Waals surface area contributed by atoms with Crippen LogP contribution in [0.5, 0.6) is 0 Å². The number of rotatable bonds is 10. The van der Waals surface area contributed by atoms with Gasteiger partial charge in [-0.05, 0) is 24.1 Å². The van der Waals surface area contributed by atoms with Gasteiger partial charge in [0.2, 0.25) is 5.91 Å². The van der Waals surface area contributed by atoms with E-state index >= 15 is 0 Å². The topological polar surface area (TPSA) is 99.0 Å². The smallest absolute Gasteiger partial charge is 0.329 e. The zero-order chi connectivity index (χ0) is 19.1. The van der Waals surface area contributed by atoms with Crippen LogP contribution in [0.4, 0.5) is 5.69 Å². The fraction of sp³-hybridized carbons (Fsp3) is 0.333. The van der Waals surface area contributed by atoms with E-state index in [0.29, 0.717) is 5.56 Å². The molecule has 1 aromatic carbocycles. The van der Waals surface area contributed by atoms with Gasteiger partial charge in [0.05, 0.1) is 18.0 Å². The van der Waals surface area contributed by atoms with Crippen molar-refractivity contribution in [1.82, 2.24) is 4.90 Å². The zero-order valence-corrected chi connectivity index (χ0v) is 14.2. The lowest BCUT2D eigenvalue weighted by molar-refractivity contribution is -0.384. The average Bonchev–Trinajstić information content (AvgIpc) is 2.62. The quantitative estimate of drug-likeness (QED) is 0.209. The average molecular weight is 360 g/mol. The molecule has 1 saturated heterocycles. The van der Waals surface area contributed by atoms with Crippen molar-refractivity contribution < 1.29 is 24.0 Å². The molecular weight excluding hydrogens is 340 g/mol. The van der Waals surface area contributed by atoms with Crippen molar-refractivity contribution in [2.24, 2.45) is 0 Å². The highest BCUT2D eigenvalue weighted by Crippen LogP contribution is 2.26. The van der Waals surface area contributed by atoms with Crippen molar-refractivity contribution in [3.05, 3.63) is 65.3 Å². The monoisotopic (exact) mass is 360 g/mol. The van der Waals surface area contributed by atoms with Gasteiger partial charge in [0.25, 0.3) is 5.69 Å². The van der Waals surface area contributed by atoms with E-state index < -0.39 is 23.2 Å². The van der Waals surface area contributed by atoms with E-state index in [0.717, 1.165) is 0 Å². The van der Waals surface area contributed by atoms with Gasteiger partial charge in [-0.15, -0.1) is 13.2 Å². The Morgan fingerprint density at radius 2 is 2.04 bits per heavy atom. The van der Waals surface area contributed by atoms with Gasteiger partial charge in [0.1, 0.15) is 18.9 Å². The molecule has 0 radical (unpaired) electrons. The minimum absolute atomic E-state index is 0.0435. The first-order valence-corrected chi connectivity index (χ1v) is 8.02. The van der Waals surface area contributed by atoms with Gasteiger partial charge in [-0.3, -0.25) is 14.9 Å². The van der Waals surface area contributed by atoms with E-state index in [-0.39, 0.29) is 37.6 Å². The highest BCUT2D eigenvalue weighted by Gasteiger charge is 2.44. The third-order valence-corrected chi connectivity index (χ3v) is 3.88. The molecule has 1 aliphatic rings. The molecule has 8 heteroatoms. The van der Waals surface area contributed by atoms with Crippen LogP contribution in [0.1, 0.15) is 18.4 Å². The number of carbonyl (C=O) groups is 2. The van der Waals surface area contributed by atoms with E-state index in [1.54, 1.807) is 6.08 Å². The summed E-state index contributed by atoms with van der Waals surface area (Å²) in [7, 11) is 0. The maximum Gasteiger partial charge on any atom is 0.329 e. The zero-order valence-electron chi connectivity index (χ0n) is 14.2. The molecule has 138 valence electrons. The first-order valence-electron chi connectivity index (χ1n) is 8.02. The molecule has 8 nitrogen and oxygen atoms in total. The summed E-state index contributed by atoms with van der Waals surface area (Å²) < 4.78 is 10.7. The van der Waals surface area contributed by atoms with Gasteiger partial charge in [0, 0.05) is 12.1 Å². The van der Waals surface area contributed by atoms with Gasteiger partial charge in [0.15, 0.2) is 0 Å². The van der Waals surface area contributed by atoms with Crippen LogP contribution >= 0.6 is 0 Å². The summed E-state index contributed by atoms with van der Waals surface area (Å²) in [4.78, 5) is 35.8. The van der Waals surface area contributed by atoms with Crippen molar-refractivity contribution in [3.8, 4) is 0 Å².